The Bertz CT molecular complexity index is 696. The number of carbonyl (C=O) groups excluding carboxylic acids is 2. The minimum Gasteiger partial charge on any atom is -0.486 e. The SMILES string of the molecule is COC(=O)CNC(=O)c1ccc(OCc2nnnn2C(C)C)cc1. The molecular formula is C15H19N5O4. The van der Waals surface area contributed by atoms with Crippen LogP contribution in [0.2, 0.25) is 0 Å². The van der Waals surface area contributed by atoms with Crippen LogP contribution in [0.1, 0.15) is 36.1 Å². The van der Waals surface area contributed by atoms with Crippen LogP contribution in [0.4, 0.5) is 0 Å². The fourth-order valence-corrected chi connectivity index (χ4v) is 1.89. The molecule has 1 N–H and O–H groups in total. The molecule has 1 heterocycles. The maximum absolute atomic E-state index is 11.9. The standard InChI is InChI=1S/C15H19N5O4/c1-10(2)20-13(17-18-19-20)9-24-12-6-4-11(5-7-12)15(22)16-8-14(21)23-3/h4-7,10H,8-9H2,1-3H3,(H,16,22). The van der Waals surface area contributed by atoms with Crippen LogP contribution in [0.3, 0.4) is 0 Å². The van der Waals surface area contributed by atoms with Gasteiger partial charge in [0.2, 0.25) is 0 Å². The molecule has 24 heavy (non-hydrogen) atoms. The molecule has 0 saturated heterocycles. The highest BCUT2D eigenvalue weighted by atomic mass is 16.5. The first kappa shape index (κ1) is 17.4. The van der Waals surface area contributed by atoms with Crippen molar-refractivity contribution in [2.24, 2.45) is 0 Å². The molecule has 2 rings (SSSR count). The summed E-state index contributed by atoms with van der Waals surface area (Å²) in [7, 11) is 1.26. The number of ether oxygens (including phenoxy) is 2. The third-order valence-electron chi connectivity index (χ3n) is 3.16. The monoisotopic (exact) mass is 333 g/mol. The third-order valence-corrected chi connectivity index (χ3v) is 3.16. The minimum atomic E-state index is -0.508. The number of benzene rings is 1. The smallest absolute Gasteiger partial charge is 0.325 e. The number of amides is 1. The van der Waals surface area contributed by atoms with Crippen molar-refractivity contribution in [2.45, 2.75) is 26.5 Å². The molecule has 1 aromatic carbocycles. The Hall–Kier alpha value is -2.97. The van der Waals surface area contributed by atoms with Crippen LogP contribution in [0, 0.1) is 0 Å². The molecule has 0 bridgehead atoms. The average Bonchev–Trinajstić information content (AvgIpc) is 3.06. The summed E-state index contributed by atoms with van der Waals surface area (Å²) >= 11 is 0. The minimum absolute atomic E-state index is 0.138. The Morgan fingerprint density at radius 1 is 1.25 bits per heavy atom. The van der Waals surface area contributed by atoms with Crippen LogP contribution in [-0.4, -0.2) is 45.7 Å². The highest BCUT2D eigenvalue weighted by molar-refractivity contribution is 5.95. The molecule has 2 aromatic rings. The van der Waals surface area contributed by atoms with E-state index < -0.39 is 5.97 Å². The first-order valence-corrected chi connectivity index (χ1v) is 7.36. The van der Waals surface area contributed by atoms with Gasteiger partial charge in [0.1, 0.15) is 18.9 Å². The van der Waals surface area contributed by atoms with Gasteiger partial charge in [0.05, 0.1) is 13.2 Å². The Labute approximate surface area is 138 Å². The highest BCUT2D eigenvalue weighted by Gasteiger charge is 2.11. The van der Waals surface area contributed by atoms with E-state index in [0.29, 0.717) is 17.1 Å². The van der Waals surface area contributed by atoms with Crippen molar-refractivity contribution >= 4 is 11.9 Å². The molecular weight excluding hydrogens is 314 g/mol. The highest BCUT2D eigenvalue weighted by Crippen LogP contribution is 2.14. The summed E-state index contributed by atoms with van der Waals surface area (Å²) in [5.74, 6) is 0.324. The van der Waals surface area contributed by atoms with E-state index in [4.69, 9.17) is 4.74 Å². The fourth-order valence-electron chi connectivity index (χ4n) is 1.89. The van der Waals surface area contributed by atoms with Gasteiger partial charge in [-0.05, 0) is 48.5 Å². The molecule has 0 aliphatic rings. The van der Waals surface area contributed by atoms with Crippen LogP contribution < -0.4 is 10.1 Å². The summed E-state index contributed by atoms with van der Waals surface area (Å²) in [5.41, 5.74) is 0.415. The zero-order chi connectivity index (χ0) is 17.5. The van der Waals surface area contributed by atoms with E-state index in [9.17, 15) is 9.59 Å². The number of carbonyl (C=O) groups is 2. The van der Waals surface area contributed by atoms with Crippen molar-refractivity contribution in [2.75, 3.05) is 13.7 Å². The van der Waals surface area contributed by atoms with Crippen LogP contribution in [-0.2, 0) is 16.1 Å². The Morgan fingerprint density at radius 2 is 1.96 bits per heavy atom. The van der Waals surface area contributed by atoms with Gasteiger partial charge in [-0.25, -0.2) is 4.68 Å². The van der Waals surface area contributed by atoms with Crippen molar-refractivity contribution in [1.29, 1.82) is 0 Å². The Morgan fingerprint density at radius 3 is 2.58 bits per heavy atom. The quantitative estimate of drug-likeness (QED) is 0.744. The lowest BCUT2D eigenvalue weighted by atomic mass is 10.2. The van der Waals surface area contributed by atoms with E-state index >= 15 is 0 Å². The van der Waals surface area contributed by atoms with E-state index in [-0.39, 0.29) is 25.1 Å². The fraction of sp³-hybridized carbons (Fsp3) is 0.400. The van der Waals surface area contributed by atoms with E-state index in [1.165, 1.54) is 7.11 Å². The molecule has 0 spiro atoms. The summed E-state index contributed by atoms with van der Waals surface area (Å²) < 4.78 is 11.8. The van der Waals surface area contributed by atoms with Crippen molar-refractivity contribution in [3.05, 3.63) is 35.7 Å². The van der Waals surface area contributed by atoms with Crippen molar-refractivity contribution in [3.63, 3.8) is 0 Å². The molecule has 0 aliphatic carbocycles. The summed E-state index contributed by atoms with van der Waals surface area (Å²) in [6.07, 6.45) is 0. The number of rotatable bonds is 7. The van der Waals surface area contributed by atoms with Gasteiger partial charge in [0.15, 0.2) is 5.82 Å². The number of hydrogen-bond donors (Lipinski definition) is 1. The van der Waals surface area contributed by atoms with Crippen LogP contribution in [0.25, 0.3) is 0 Å². The zero-order valence-electron chi connectivity index (χ0n) is 13.7. The second-order valence-corrected chi connectivity index (χ2v) is 5.21. The van der Waals surface area contributed by atoms with Gasteiger partial charge in [-0.3, -0.25) is 9.59 Å². The van der Waals surface area contributed by atoms with Gasteiger partial charge in [0.25, 0.3) is 5.91 Å². The van der Waals surface area contributed by atoms with Crippen molar-refractivity contribution in [1.82, 2.24) is 25.5 Å². The first-order valence-electron chi connectivity index (χ1n) is 7.36. The van der Waals surface area contributed by atoms with E-state index in [1.807, 2.05) is 13.8 Å². The lowest BCUT2D eigenvalue weighted by Crippen LogP contribution is -2.30. The Kier molecular flexibility index (Phi) is 5.83. The van der Waals surface area contributed by atoms with Crippen LogP contribution in [0.15, 0.2) is 24.3 Å². The van der Waals surface area contributed by atoms with E-state index in [0.717, 1.165) is 0 Å². The molecule has 1 aromatic heterocycles. The van der Waals surface area contributed by atoms with Gasteiger partial charge >= 0.3 is 5.97 Å². The van der Waals surface area contributed by atoms with Gasteiger partial charge in [0, 0.05) is 5.56 Å². The Balaban J connectivity index is 1.91. The third kappa shape index (κ3) is 4.51. The molecule has 9 heteroatoms. The number of tetrazole rings is 1. The maximum atomic E-state index is 11.9. The van der Waals surface area contributed by atoms with Crippen molar-refractivity contribution in [3.8, 4) is 5.75 Å². The molecule has 128 valence electrons. The number of hydrogen-bond acceptors (Lipinski definition) is 7. The topological polar surface area (TPSA) is 108 Å². The lowest BCUT2D eigenvalue weighted by Gasteiger charge is -2.09. The average molecular weight is 333 g/mol. The van der Waals surface area contributed by atoms with Crippen molar-refractivity contribution < 1.29 is 19.1 Å². The number of aromatic nitrogens is 4. The summed E-state index contributed by atoms with van der Waals surface area (Å²) in [6.45, 7) is 3.99. The molecule has 1 amide bonds. The maximum Gasteiger partial charge on any atom is 0.325 e. The molecule has 0 saturated carbocycles. The van der Waals surface area contributed by atoms with E-state index in [2.05, 4.69) is 25.6 Å². The second kappa shape index (κ2) is 8.04. The molecule has 0 unspecified atom stereocenters. The number of nitrogens with zero attached hydrogens (tertiary/aromatic N) is 4. The largest absolute Gasteiger partial charge is 0.486 e. The van der Waals surface area contributed by atoms with Gasteiger partial charge in [-0.1, -0.05) is 0 Å². The summed E-state index contributed by atoms with van der Waals surface area (Å²) in [6, 6.07) is 6.67. The van der Waals surface area contributed by atoms with E-state index in [1.54, 1.807) is 28.9 Å². The lowest BCUT2D eigenvalue weighted by molar-refractivity contribution is -0.139. The van der Waals surface area contributed by atoms with Gasteiger partial charge in [-0.15, -0.1) is 5.10 Å². The molecule has 0 atom stereocenters. The molecule has 0 aliphatic heterocycles. The zero-order valence-corrected chi connectivity index (χ0v) is 13.7. The number of esters is 1. The molecule has 0 fully saturated rings. The van der Waals surface area contributed by atoms with Crippen LogP contribution >= 0.6 is 0 Å². The molecule has 0 radical (unpaired) electrons. The van der Waals surface area contributed by atoms with Gasteiger partial charge < -0.3 is 14.8 Å². The number of methoxy groups -OCH3 is 1. The molecule has 9 nitrogen and oxygen atoms in total. The first-order chi connectivity index (χ1) is 11.5. The number of nitrogens with one attached hydrogen (secondary N) is 1. The summed E-state index contributed by atoms with van der Waals surface area (Å²) in [5, 5.41) is 13.9. The van der Waals surface area contributed by atoms with Crippen LogP contribution in [0.5, 0.6) is 5.75 Å². The predicted octanol–water partition coefficient (Wildman–Crippen LogP) is 0.736. The summed E-state index contributed by atoms with van der Waals surface area (Å²) in [4.78, 5) is 22.9. The second-order valence-electron chi connectivity index (χ2n) is 5.21. The normalized spacial score (nSPS) is 10.5. The van der Waals surface area contributed by atoms with Gasteiger partial charge in [-0.2, -0.15) is 0 Å². The predicted molar refractivity (Wildman–Crippen MR) is 83.3 cm³/mol.